The van der Waals surface area contributed by atoms with Crippen LogP contribution in [0.15, 0.2) is 16.9 Å². The molecule has 1 aliphatic heterocycles. The van der Waals surface area contributed by atoms with E-state index in [-0.39, 0.29) is 5.39 Å². The minimum Gasteiger partial charge on any atom is -0.493 e. The van der Waals surface area contributed by atoms with Gasteiger partial charge >= 0.3 is 0 Å². The van der Waals surface area contributed by atoms with Crippen LogP contribution in [0, 0.1) is 11.7 Å². The van der Waals surface area contributed by atoms with Gasteiger partial charge in [0.25, 0.3) is 5.56 Å². The lowest BCUT2D eigenvalue weighted by Gasteiger charge is -2.22. The highest BCUT2D eigenvalue weighted by Crippen LogP contribution is 2.30. The lowest BCUT2D eigenvalue weighted by Crippen LogP contribution is -2.23. The Hall–Kier alpha value is -1.60. The van der Waals surface area contributed by atoms with Crippen molar-refractivity contribution >= 4 is 22.7 Å². The number of fused-ring (bicyclic) bond motifs is 1. The van der Waals surface area contributed by atoms with Gasteiger partial charge in [-0.3, -0.25) is 4.79 Å². The SMILES string of the molecule is O=c1[nH]c(CSC2CCCCC2)nc2cc(OCC3CCCOC3)cc(F)c12. The minimum absolute atomic E-state index is 0.000217. The number of thioether (sulfide) groups is 1. The number of hydrogen-bond donors (Lipinski definition) is 1. The van der Waals surface area contributed by atoms with Crippen LogP contribution in [-0.4, -0.2) is 35.0 Å². The zero-order valence-corrected chi connectivity index (χ0v) is 16.9. The minimum atomic E-state index is -0.590. The van der Waals surface area contributed by atoms with Crippen molar-refractivity contribution in [3.8, 4) is 5.75 Å². The first kappa shape index (κ1) is 19.7. The summed E-state index contributed by atoms with van der Waals surface area (Å²) in [5.41, 5.74) is -0.0631. The molecule has 0 amide bonds. The summed E-state index contributed by atoms with van der Waals surface area (Å²) in [7, 11) is 0. The van der Waals surface area contributed by atoms with E-state index in [1.54, 1.807) is 6.07 Å². The van der Waals surface area contributed by atoms with Gasteiger partial charge in [0.1, 0.15) is 22.8 Å². The predicted molar refractivity (Wildman–Crippen MR) is 110 cm³/mol. The molecule has 0 bridgehead atoms. The highest BCUT2D eigenvalue weighted by molar-refractivity contribution is 7.99. The first-order chi connectivity index (χ1) is 13.7. The van der Waals surface area contributed by atoms with E-state index in [1.165, 1.54) is 38.2 Å². The number of H-pyrrole nitrogens is 1. The summed E-state index contributed by atoms with van der Waals surface area (Å²) in [4.78, 5) is 19.7. The molecule has 1 saturated carbocycles. The van der Waals surface area contributed by atoms with Crippen molar-refractivity contribution in [1.82, 2.24) is 9.97 Å². The van der Waals surface area contributed by atoms with Crippen LogP contribution >= 0.6 is 11.8 Å². The summed E-state index contributed by atoms with van der Waals surface area (Å²) in [6, 6.07) is 2.95. The average molecular weight is 407 g/mol. The molecule has 1 aliphatic carbocycles. The molecule has 0 spiro atoms. The van der Waals surface area contributed by atoms with Crippen molar-refractivity contribution in [2.75, 3.05) is 19.8 Å². The Bertz CT molecular complexity index is 855. The molecule has 2 aromatic rings. The molecule has 2 aliphatic rings. The van der Waals surface area contributed by atoms with Crippen LogP contribution in [0.2, 0.25) is 0 Å². The van der Waals surface area contributed by atoms with E-state index in [0.29, 0.717) is 47.2 Å². The monoisotopic (exact) mass is 406 g/mol. The number of rotatable bonds is 6. The van der Waals surface area contributed by atoms with E-state index >= 15 is 0 Å². The topological polar surface area (TPSA) is 64.2 Å². The fourth-order valence-electron chi connectivity index (χ4n) is 3.98. The largest absolute Gasteiger partial charge is 0.493 e. The number of hydrogen-bond acceptors (Lipinski definition) is 5. The van der Waals surface area contributed by atoms with Crippen LogP contribution in [-0.2, 0) is 10.5 Å². The molecular weight excluding hydrogens is 379 g/mol. The quantitative estimate of drug-likeness (QED) is 0.769. The van der Waals surface area contributed by atoms with Crippen LogP contribution in [0.5, 0.6) is 5.75 Å². The standard InChI is InChI=1S/C21H27FN2O3S/c22-17-9-15(27-12-14-5-4-8-26-11-14)10-18-20(17)21(25)24-19(23-18)13-28-16-6-2-1-3-7-16/h9-10,14,16H,1-8,11-13H2,(H,23,24,25). The number of halogens is 1. The van der Waals surface area contributed by atoms with Gasteiger partial charge in [0.15, 0.2) is 0 Å². The van der Waals surface area contributed by atoms with Crippen LogP contribution in [0.3, 0.4) is 0 Å². The number of benzene rings is 1. The van der Waals surface area contributed by atoms with Gasteiger partial charge in [-0.15, -0.1) is 0 Å². The van der Waals surface area contributed by atoms with Gasteiger partial charge in [0.2, 0.25) is 0 Å². The van der Waals surface area contributed by atoms with Gasteiger partial charge in [-0.2, -0.15) is 11.8 Å². The molecule has 152 valence electrons. The Balaban J connectivity index is 1.48. The second-order valence-corrected chi connectivity index (χ2v) is 9.07. The van der Waals surface area contributed by atoms with Crippen LogP contribution in [0.25, 0.3) is 10.9 Å². The van der Waals surface area contributed by atoms with Crippen LogP contribution < -0.4 is 10.3 Å². The normalized spacial score (nSPS) is 21.1. The van der Waals surface area contributed by atoms with E-state index in [9.17, 15) is 9.18 Å². The third kappa shape index (κ3) is 4.87. The Morgan fingerprint density at radius 2 is 2.07 bits per heavy atom. The summed E-state index contributed by atoms with van der Waals surface area (Å²) in [6.45, 7) is 1.96. The third-order valence-electron chi connectivity index (χ3n) is 5.53. The number of ether oxygens (including phenoxy) is 2. The number of aromatic amines is 1. The zero-order chi connectivity index (χ0) is 19.3. The van der Waals surface area contributed by atoms with E-state index in [1.807, 2.05) is 11.8 Å². The predicted octanol–water partition coefficient (Wildman–Crippen LogP) is 4.43. The fourth-order valence-corrected chi connectivity index (χ4v) is 5.18. The van der Waals surface area contributed by atoms with Gasteiger partial charge in [-0.05, 0) is 25.7 Å². The smallest absolute Gasteiger partial charge is 0.261 e. The molecule has 1 atom stereocenters. The molecule has 7 heteroatoms. The fraction of sp³-hybridized carbons (Fsp3) is 0.619. The van der Waals surface area contributed by atoms with E-state index in [4.69, 9.17) is 9.47 Å². The lowest BCUT2D eigenvalue weighted by molar-refractivity contribution is 0.0352. The molecule has 0 radical (unpaired) electrons. The van der Waals surface area contributed by atoms with Crippen molar-refractivity contribution in [2.24, 2.45) is 5.92 Å². The maximum atomic E-state index is 14.5. The van der Waals surface area contributed by atoms with E-state index < -0.39 is 11.4 Å². The van der Waals surface area contributed by atoms with Gasteiger partial charge in [-0.1, -0.05) is 19.3 Å². The van der Waals surface area contributed by atoms with Gasteiger partial charge in [0, 0.05) is 29.9 Å². The maximum absolute atomic E-state index is 14.5. The first-order valence-corrected chi connectivity index (χ1v) is 11.3. The summed E-state index contributed by atoms with van der Waals surface area (Å²) < 4.78 is 25.8. The Morgan fingerprint density at radius 1 is 1.21 bits per heavy atom. The maximum Gasteiger partial charge on any atom is 0.261 e. The van der Waals surface area contributed by atoms with Crippen molar-refractivity contribution in [3.63, 3.8) is 0 Å². The third-order valence-corrected chi connectivity index (χ3v) is 6.91. The second-order valence-electron chi connectivity index (χ2n) is 7.78. The average Bonchev–Trinajstić information content (AvgIpc) is 2.72. The second kappa shape index (κ2) is 9.27. The summed E-state index contributed by atoms with van der Waals surface area (Å²) in [5.74, 6) is 1.39. The van der Waals surface area contributed by atoms with E-state index in [2.05, 4.69) is 9.97 Å². The zero-order valence-electron chi connectivity index (χ0n) is 16.0. The number of nitrogens with one attached hydrogen (secondary N) is 1. The lowest BCUT2D eigenvalue weighted by atomic mass is 10.0. The van der Waals surface area contributed by atoms with Crippen molar-refractivity contribution in [3.05, 3.63) is 34.1 Å². The van der Waals surface area contributed by atoms with Gasteiger partial charge < -0.3 is 14.5 Å². The highest BCUT2D eigenvalue weighted by Gasteiger charge is 2.18. The van der Waals surface area contributed by atoms with Crippen molar-refractivity contribution in [1.29, 1.82) is 0 Å². The summed E-state index contributed by atoms with van der Waals surface area (Å²) in [5, 5.41) is 0.624. The molecule has 5 nitrogen and oxygen atoms in total. The Kier molecular flexibility index (Phi) is 6.52. The molecule has 28 heavy (non-hydrogen) atoms. The number of aromatic nitrogens is 2. The molecule has 1 unspecified atom stereocenters. The summed E-state index contributed by atoms with van der Waals surface area (Å²) >= 11 is 1.83. The molecule has 1 saturated heterocycles. The van der Waals surface area contributed by atoms with Crippen LogP contribution in [0.1, 0.15) is 50.8 Å². The Labute approximate surface area is 168 Å². The molecule has 2 fully saturated rings. The van der Waals surface area contributed by atoms with Crippen molar-refractivity contribution in [2.45, 2.75) is 55.9 Å². The van der Waals surface area contributed by atoms with Crippen LogP contribution in [0.4, 0.5) is 4.39 Å². The molecule has 1 N–H and O–H groups in total. The molecule has 1 aromatic heterocycles. The Morgan fingerprint density at radius 3 is 2.86 bits per heavy atom. The highest BCUT2D eigenvalue weighted by atomic mass is 32.2. The molecule has 4 rings (SSSR count). The van der Waals surface area contributed by atoms with Gasteiger partial charge in [0.05, 0.1) is 24.5 Å². The molecule has 2 heterocycles. The molecule has 1 aromatic carbocycles. The number of nitrogens with zero attached hydrogens (tertiary/aromatic N) is 1. The first-order valence-electron chi connectivity index (χ1n) is 10.2. The van der Waals surface area contributed by atoms with Gasteiger partial charge in [-0.25, -0.2) is 9.37 Å². The van der Waals surface area contributed by atoms with E-state index in [0.717, 1.165) is 19.4 Å². The molecular formula is C21H27FN2O3S. The van der Waals surface area contributed by atoms with Crippen molar-refractivity contribution < 1.29 is 13.9 Å². The summed E-state index contributed by atoms with van der Waals surface area (Å²) in [6.07, 6.45) is 8.39.